The number of hydrogen-bond acceptors (Lipinski definition) is 5. The van der Waals surface area contributed by atoms with Gasteiger partial charge in [0.05, 0.1) is 11.9 Å². The van der Waals surface area contributed by atoms with Crippen molar-refractivity contribution in [2.24, 2.45) is 0 Å². The van der Waals surface area contributed by atoms with Gasteiger partial charge in [-0.25, -0.2) is 4.68 Å². The number of hydrogen-bond donors (Lipinski definition) is 0. The van der Waals surface area contributed by atoms with Crippen molar-refractivity contribution in [2.75, 3.05) is 31.3 Å². The van der Waals surface area contributed by atoms with E-state index < -0.39 is 0 Å². The Bertz CT molecular complexity index is 758. The Morgan fingerprint density at radius 1 is 1.29 bits per heavy atom. The van der Waals surface area contributed by atoms with Crippen LogP contribution in [-0.4, -0.2) is 58.1 Å². The summed E-state index contributed by atoms with van der Waals surface area (Å²) < 4.78 is 1.40. The average molecular weight is 345 g/mol. The van der Waals surface area contributed by atoms with Crippen LogP contribution in [0.25, 0.3) is 0 Å². The van der Waals surface area contributed by atoms with E-state index in [2.05, 4.69) is 10.3 Å². The number of fused-ring (bicyclic) bond motifs is 1. The lowest BCUT2D eigenvalue weighted by Gasteiger charge is -2.21. The van der Waals surface area contributed by atoms with E-state index >= 15 is 0 Å². The van der Waals surface area contributed by atoms with E-state index in [1.807, 2.05) is 24.3 Å². The molecule has 2 amide bonds. The van der Waals surface area contributed by atoms with Crippen LogP contribution in [0.5, 0.6) is 0 Å². The van der Waals surface area contributed by atoms with Crippen molar-refractivity contribution in [3.63, 3.8) is 0 Å². The SMILES string of the molecule is CN(C)C(=O)Cn1cc(C(=O)N2CCCSc3ccccc32)nn1. The first-order valence-corrected chi connectivity index (χ1v) is 8.69. The van der Waals surface area contributed by atoms with Gasteiger partial charge in [-0.05, 0) is 24.3 Å². The molecule has 8 heteroatoms. The fourth-order valence-corrected chi connectivity index (χ4v) is 3.42. The van der Waals surface area contributed by atoms with Crippen molar-refractivity contribution in [1.29, 1.82) is 0 Å². The minimum Gasteiger partial charge on any atom is -0.347 e. The lowest BCUT2D eigenvalue weighted by atomic mass is 10.2. The zero-order valence-corrected chi connectivity index (χ0v) is 14.5. The minimum absolute atomic E-state index is 0.0692. The number of thioether (sulfide) groups is 1. The van der Waals surface area contributed by atoms with Crippen LogP contribution >= 0.6 is 11.8 Å². The molecule has 24 heavy (non-hydrogen) atoms. The summed E-state index contributed by atoms with van der Waals surface area (Å²) in [6, 6.07) is 7.88. The highest BCUT2D eigenvalue weighted by molar-refractivity contribution is 7.99. The Morgan fingerprint density at radius 2 is 2.08 bits per heavy atom. The molecular formula is C16H19N5O2S. The topological polar surface area (TPSA) is 71.3 Å². The highest BCUT2D eigenvalue weighted by atomic mass is 32.2. The second-order valence-electron chi connectivity index (χ2n) is 5.72. The second kappa shape index (κ2) is 7.04. The smallest absolute Gasteiger partial charge is 0.280 e. The van der Waals surface area contributed by atoms with Gasteiger partial charge in [0.15, 0.2) is 5.69 Å². The van der Waals surface area contributed by atoms with Crippen molar-refractivity contribution < 1.29 is 9.59 Å². The van der Waals surface area contributed by atoms with Crippen LogP contribution in [0.15, 0.2) is 35.4 Å². The van der Waals surface area contributed by atoms with E-state index in [9.17, 15) is 9.59 Å². The molecule has 126 valence electrons. The molecule has 0 aliphatic carbocycles. The third kappa shape index (κ3) is 3.43. The van der Waals surface area contributed by atoms with Gasteiger partial charge in [0, 0.05) is 25.5 Å². The van der Waals surface area contributed by atoms with Crippen molar-refractivity contribution in [3.8, 4) is 0 Å². The number of para-hydroxylation sites is 1. The molecule has 1 aromatic carbocycles. The summed E-state index contributed by atoms with van der Waals surface area (Å²) in [5.41, 5.74) is 1.16. The number of likely N-dealkylation sites (N-methyl/N-ethyl adjacent to an activating group) is 1. The maximum Gasteiger partial charge on any atom is 0.280 e. The van der Waals surface area contributed by atoms with Gasteiger partial charge in [0.2, 0.25) is 5.91 Å². The molecule has 0 fully saturated rings. The van der Waals surface area contributed by atoms with Crippen LogP contribution in [0.1, 0.15) is 16.9 Å². The molecule has 0 radical (unpaired) electrons. The predicted molar refractivity (Wildman–Crippen MR) is 92.2 cm³/mol. The summed E-state index contributed by atoms with van der Waals surface area (Å²) in [5, 5.41) is 7.85. The van der Waals surface area contributed by atoms with E-state index in [0.717, 1.165) is 22.8 Å². The number of amides is 2. The number of carbonyl (C=O) groups excluding carboxylic acids is 2. The van der Waals surface area contributed by atoms with Crippen LogP contribution in [0.4, 0.5) is 5.69 Å². The summed E-state index contributed by atoms with van der Waals surface area (Å²) in [4.78, 5) is 28.9. The molecule has 0 saturated heterocycles. The van der Waals surface area contributed by atoms with Gasteiger partial charge in [0.1, 0.15) is 6.54 Å². The van der Waals surface area contributed by atoms with E-state index in [1.54, 1.807) is 30.8 Å². The fraction of sp³-hybridized carbons (Fsp3) is 0.375. The highest BCUT2D eigenvalue weighted by Gasteiger charge is 2.24. The van der Waals surface area contributed by atoms with Gasteiger partial charge in [0.25, 0.3) is 5.91 Å². The summed E-state index contributed by atoms with van der Waals surface area (Å²) in [7, 11) is 3.36. The van der Waals surface area contributed by atoms with Gasteiger partial charge in [-0.3, -0.25) is 9.59 Å². The quantitative estimate of drug-likeness (QED) is 0.843. The Labute approximate surface area is 144 Å². The Hall–Kier alpha value is -2.35. The molecule has 3 rings (SSSR count). The molecule has 0 bridgehead atoms. The maximum atomic E-state index is 12.9. The maximum absolute atomic E-state index is 12.9. The van der Waals surface area contributed by atoms with Crippen LogP contribution in [0.3, 0.4) is 0 Å². The molecular weight excluding hydrogens is 326 g/mol. The van der Waals surface area contributed by atoms with Crippen LogP contribution in [-0.2, 0) is 11.3 Å². The Kier molecular flexibility index (Phi) is 4.84. The van der Waals surface area contributed by atoms with E-state index in [-0.39, 0.29) is 24.1 Å². The Balaban J connectivity index is 1.82. The molecule has 1 aliphatic heterocycles. The first-order chi connectivity index (χ1) is 11.6. The van der Waals surface area contributed by atoms with Crippen LogP contribution < -0.4 is 4.90 Å². The third-order valence-electron chi connectivity index (χ3n) is 3.74. The summed E-state index contributed by atoms with van der Waals surface area (Å²) in [6.45, 7) is 0.714. The Morgan fingerprint density at radius 3 is 2.88 bits per heavy atom. The molecule has 0 unspecified atom stereocenters. The molecule has 1 aromatic heterocycles. The van der Waals surface area contributed by atoms with Crippen molar-refractivity contribution >= 4 is 29.3 Å². The van der Waals surface area contributed by atoms with Gasteiger partial charge in [-0.2, -0.15) is 0 Å². The summed E-state index contributed by atoms with van der Waals surface area (Å²) in [6.07, 6.45) is 2.45. The number of nitrogens with zero attached hydrogens (tertiary/aromatic N) is 5. The van der Waals surface area contributed by atoms with Gasteiger partial charge >= 0.3 is 0 Å². The predicted octanol–water partition coefficient (Wildman–Crippen LogP) is 1.51. The number of aromatic nitrogens is 3. The molecule has 2 heterocycles. The van der Waals surface area contributed by atoms with Crippen LogP contribution in [0.2, 0.25) is 0 Å². The number of carbonyl (C=O) groups is 2. The van der Waals surface area contributed by atoms with Crippen LogP contribution in [0, 0.1) is 0 Å². The van der Waals surface area contributed by atoms with Gasteiger partial charge < -0.3 is 9.80 Å². The number of anilines is 1. The second-order valence-corrected chi connectivity index (χ2v) is 6.85. The number of rotatable bonds is 3. The summed E-state index contributed by atoms with van der Waals surface area (Å²) in [5.74, 6) is 0.689. The molecule has 0 spiro atoms. The van der Waals surface area contributed by atoms with Gasteiger partial charge in [-0.1, -0.05) is 17.3 Å². The normalized spacial score (nSPS) is 14.0. The zero-order valence-electron chi connectivity index (χ0n) is 13.7. The summed E-state index contributed by atoms with van der Waals surface area (Å²) >= 11 is 1.76. The molecule has 0 atom stereocenters. The monoisotopic (exact) mass is 345 g/mol. The fourth-order valence-electron chi connectivity index (χ4n) is 2.43. The lowest BCUT2D eigenvalue weighted by molar-refractivity contribution is -0.129. The van der Waals surface area contributed by atoms with Crippen molar-refractivity contribution in [2.45, 2.75) is 17.9 Å². The lowest BCUT2D eigenvalue weighted by Crippen LogP contribution is -2.32. The van der Waals surface area contributed by atoms with E-state index in [4.69, 9.17) is 0 Å². The minimum atomic E-state index is -0.187. The zero-order chi connectivity index (χ0) is 17.1. The average Bonchev–Trinajstić information content (AvgIpc) is 2.92. The molecule has 0 saturated carbocycles. The molecule has 7 nitrogen and oxygen atoms in total. The molecule has 1 aliphatic rings. The van der Waals surface area contributed by atoms with E-state index in [1.165, 1.54) is 15.8 Å². The molecule has 2 aromatic rings. The van der Waals surface area contributed by atoms with Crippen molar-refractivity contribution in [3.05, 3.63) is 36.2 Å². The number of benzene rings is 1. The highest BCUT2D eigenvalue weighted by Crippen LogP contribution is 2.34. The third-order valence-corrected chi connectivity index (χ3v) is 4.89. The molecule has 0 N–H and O–H groups in total. The first kappa shape index (κ1) is 16.5. The van der Waals surface area contributed by atoms with Crippen molar-refractivity contribution in [1.82, 2.24) is 19.9 Å². The van der Waals surface area contributed by atoms with E-state index in [0.29, 0.717) is 6.54 Å². The first-order valence-electron chi connectivity index (χ1n) is 7.70. The largest absolute Gasteiger partial charge is 0.347 e. The standard InChI is InChI=1S/C16H19N5O2S/c1-19(2)15(22)11-20-10-12(17-18-20)16(23)21-8-5-9-24-14-7-4-3-6-13(14)21/h3-4,6-7,10H,5,8-9,11H2,1-2H3. The van der Waals surface area contributed by atoms with Gasteiger partial charge in [-0.15, -0.1) is 16.9 Å².